The number of likely N-dealkylation sites (tertiary alicyclic amines) is 1. The molecule has 2 rings (SSSR count). The van der Waals surface area contributed by atoms with Crippen molar-refractivity contribution in [2.45, 2.75) is 58.6 Å². The lowest BCUT2D eigenvalue weighted by molar-refractivity contribution is -0.143. The smallest absolute Gasteiger partial charge is 0.226 e. The monoisotopic (exact) mass is 282 g/mol. The Morgan fingerprint density at radius 1 is 1.30 bits per heavy atom. The minimum absolute atomic E-state index is 0.113. The van der Waals surface area contributed by atoms with Gasteiger partial charge in [-0.1, -0.05) is 13.8 Å². The van der Waals surface area contributed by atoms with Crippen molar-refractivity contribution < 1.29 is 9.53 Å². The molecule has 5 atom stereocenters. The van der Waals surface area contributed by atoms with Gasteiger partial charge in [0.25, 0.3) is 0 Å². The second-order valence-electron chi connectivity index (χ2n) is 6.70. The van der Waals surface area contributed by atoms with Gasteiger partial charge in [0.15, 0.2) is 0 Å². The average molecular weight is 282 g/mol. The number of piperidine rings is 1. The molecule has 2 fully saturated rings. The SMILES string of the molecule is CCOC1CCCN(C(=O)C2CC(N)C(C)CC2C)C1. The van der Waals surface area contributed by atoms with Crippen molar-refractivity contribution >= 4 is 5.91 Å². The van der Waals surface area contributed by atoms with Crippen molar-refractivity contribution in [2.75, 3.05) is 19.7 Å². The molecular weight excluding hydrogens is 252 g/mol. The van der Waals surface area contributed by atoms with E-state index in [-0.39, 0.29) is 18.1 Å². The van der Waals surface area contributed by atoms with Gasteiger partial charge in [0.1, 0.15) is 0 Å². The van der Waals surface area contributed by atoms with Crippen LogP contribution >= 0.6 is 0 Å². The first-order valence-electron chi connectivity index (χ1n) is 8.18. The molecule has 116 valence electrons. The highest BCUT2D eigenvalue weighted by molar-refractivity contribution is 5.79. The number of nitrogens with two attached hydrogens (primary N) is 1. The van der Waals surface area contributed by atoms with Gasteiger partial charge in [0.05, 0.1) is 6.10 Å². The maximum Gasteiger partial charge on any atom is 0.226 e. The fourth-order valence-electron chi connectivity index (χ4n) is 3.77. The van der Waals surface area contributed by atoms with E-state index in [1.807, 2.05) is 11.8 Å². The zero-order chi connectivity index (χ0) is 14.7. The van der Waals surface area contributed by atoms with Crippen LogP contribution in [-0.4, -0.2) is 42.6 Å². The Kier molecular flexibility index (Phi) is 5.44. The van der Waals surface area contributed by atoms with Crippen molar-refractivity contribution in [2.24, 2.45) is 23.5 Å². The van der Waals surface area contributed by atoms with Crippen molar-refractivity contribution in [1.29, 1.82) is 0 Å². The summed E-state index contributed by atoms with van der Waals surface area (Å²) in [7, 11) is 0. The lowest BCUT2D eigenvalue weighted by Crippen LogP contribution is -2.50. The summed E-state index contributed by atoms with van der Waals surface area (Å²) in [5.41, 5.74) is 6.18. The van der Waals surface area contributed by atoms with E-state index in [1.54, 1.807) is 0 Å². The molecule has 1 saturated heterocycles. The molecule has 5 unspecified atom stereocenters. The lowest BCUT2D eigenvalue weighted by atomic mass is 9.72. The van der Waals surface area contributed by atoms with Crippen LogP contribution in [0.2, 0.25) is 0 Å². The van der Waals surface area contributed by atoms with Crippen LogP contribution in [0, 0.1) is 17.8 Å². The molecule has 0 aromatic rings. The molecule has 4 nitrogen and oxygen atoms in total. The van der Waals surface area contributed by atoms with Gasteiger partial charge in [0, 0.05) is 31.7 Å². The molecule has 0 radical (unpaired) electrons. The fraction of sp³-hybridized carbons (Fsp3) is 0.938. The molecule has 1 aliphatic carbocycles. The Bertz CT molecular complexity index is 332. The van der Waals surface area contributed by atoms with Crippen LogP contribution < -0.4 is 5.73 Å². The van der Waals surface area contributed by atoms with Crippen LogP contribution in [0.4, 0.5) is 0 Å². The van der Waals surface area contributed by atoms with Crippen LogP contribution in [0.1, 0.15) is 46.5 Å². The summed E-state index contributed by atoms with van der Waals surface area (Å²) in [6, 6.07) is 0.174. The largest absolute Gasteiger partial charge is 0.377 e. The summed E-state index contributed by atoms with van der Waals surface area (Å²) in [6.45, 7) is 8.80. The number of ether oxygens (including phenoxy) is 1. The van der Waals surface area contributed by atoms with Crippen LogP contribution in [0.3, 0.4) is 0 Å². The molecule has 20 heavy (non-hydrogen) atoms. The summed E-state index contributed by atoms with van der Waals surface area (Å²) in [4.78, 5) is 14.8. The average Bonchev–Trinajstić information content (AvgIpc) is 2.43. The number of rotatable bonds is 3. The van der Waals surface area contributed by atoms with E-state index >= 15 is 0 Å². The predicted molar refractivity (Wildman–Crippen MR) is 80.3 cm³/mol. The minimum atomic E-state index is 0.113. The van der Waals surface area contributed by atoms with Gasteiger partial charge in [-0.3, -0.25) is 4.79 Å². The Balaban J connectivity index is 1.96. The molecule has 0 bridgehead atoms. The zero-order valence-corrected chi connectivity index (χ0v) is 13.2. The molecule has 1 amide bonds. The Morgan fingerprint density at radius 3 is 2.75 bits per heavy atom. The number of carbonyl (C=O) groups is 1. The molecule has 1 aliphatic heterocycles. The maximum atomic E-state index is 12.8. The van der Waals surface area contributed by atoms with Crippen molar-refractivity contribution in [3.63, 3.8) is 0 Å². The van der Waals surface area contributed by atoms with Gasteiger partial charge >= 0.3 is 0 Å². The number of hydrogen-bond acceptors (Lipinski definition) is 3. The van der Waals surface area contributed by atoms with Gasteiger partial charge < -0.3 is 15.4 Å². The first-order valence-corrected chi connectivity index (χ1v) is 8.18. The third-order valence-electron chi connectivity index (χ3n) is 5.10. The lowest BCUT2D eigenvalue weighted by Gasteiger charge is -2.40. The van der Waals surface area contributed by atoms with Gasteiger partial charge in [-0.05, 0) is 44.4 Å². The minimum Gasteiger partial charge on any atom is -0.377 e. The summed E-state index contributed by atoms with van der Waals surface area (Å²) < 4.78 is 5.70. The van der Waals surface area contributed by atoms with Crippen LogP contribution in [-0.2, 0) is 9.53 Å². The van der Waals surface area contributed by atoms with Gasteiger partial charge in [-0.15, -0.1) is 0 Å². The molecule has 0 aromatic heterocycles. The number of amides is 1. The predicted octanol–water partition coefficient (Wildman–Crippen LogP) is 2.02. The first kappa shape index (κ1) is 15.8. The topological polar surface area (TPSA) is 55.6 Å². The van der Waals surface area contributed by atoms with Crippen molar-refractivity contribution in [3.8, 4) is 0 Å². The van der Waals surface area contributed by atoms with E-state index in [2.05, 4.69) is 13.8 Å². The van der Waals surface area contributed by atoms with E-state index in [0.29, 0.717) is 17.7 Å². The normalized spacial score (nSPS) is 38.8. The highest BCUT2D eigenvalue weighted by Crippen LogP contribution is 2.34. The van der Waals surface area contributed by atoms with E-state index in [1.165, 1.54) is 0 Å². The molecule has 2 aliphatic rings. The highest BCUT2D eigenvalue weighted by Gasteiger charge is 2.38. The second-order valence-corrected chi connectivity index (χ2v) is 6.70. The van der Waals surface area contributed by atoms with Gasteiger partial charge in [-0.25, -0.2) is 0 Å². The third kappa shape index (κ3) is 3.53. The van der Waals surface area contributed by atoms with Gasteiger partial charge in [0.2, 0.25) is 5.91 Å². The molecule has 4 heteroatoms. The van der Waals surface area contributed by atoms with Crippen molar-refractivity contribution in [1.82, 2.24) is 4.90 Å². The number of nitrogens with zero attached hydrogens (tertiary/aromatic N) is 1. The Labute approximate surface area is 123 Å². The molecule has 0 spiro atoms. The number of carbonyl (C=O) groups excluding carboxylic acids is 1. The van der Waals surface area contributed by atoms with E-state index in [0.717, 1.165) is 45.4 Å². The molecule has 0 aromatic carbocycles. The maximum absolute atomic E-state index is 12.8. The number of hydrogen-bond donors (Lipinski definition) is 1. The van der Waals surface area contributed by atoms with Crippen LogP contribution in [0.25, 0.3) is 0 Å². The van der Waals surface area contributed by atoms with E-state index in [9.17, 15) is 4.79 Å². The van der Waals surface area contributed by atoms with E-state index in [4.69, 9.17) is 10.5 Å². The van der Waals surface area contributed by atoms with Gasteiger partial charge in [-0.2, -0.15) is 0 Å². The third-order valence-corrected chi connectivity index (χ3v) is 5.10. The van der Waals surface area contributed by atoms with E-state index < -0.39 is 0 Å². The highest BCUT2D eigenvalue weighted by atomic mass is 16.5. The van der Waals surface area contributed by atoms with Crippen LogP contribution in [0.15, 0.2) is 0 Å². The summed E-state index contributed by atoms with van der Waals surface area (Å²) in [5.74, 6) is 1.40. The Hall–Kier alpha value is -0.610. The summed E-state index contributed by atoms with van der Waals surface area (Å²) >= 11 is 0. The molecular formula is C16H30N2O2. The molecule has 1 heterocycles. The molecule has 2 N–H and O–H groups in total. The Morgan fingerprint density at radius 2 is 2.05 bits per heavy atom. The standard InChI is InChI=1S/C16H30N2O2/c1-4-20-13-6-5-7-18(10-13)16(19)14-9-15(17)12(3)8-11(14)2/h11-15H,4-10,17H2,1-3H3. The molecule has 1 saturated carbocycles. The van der Waals surface area contributed by atoms with Crippen molar-refractivity contribution in [3.05, 3.63) is 0 Å². The van der Waals surface area contributed by atoms with Crippen LogP contribution in [0.5, 0.6) is 0 Å². The zero-order valence-electron chi connectivity index (χ0n) is 13.2. The fourth-order valence-corrected chi connectivity index (χ4v) is 3.77. The summed E-state index contributed by atoms with van der Waals surface area (Å²) in [6.07, 6.45) is 4.27. The second kappa shape index (κ2) is 6.90. The first-order chi connectivity index (χ1) is 9.52. The quantitative estimate of drug-likeness (QED) is 0.861. The summed E-state index contributed by atoms with van der Waals surface area (Å²) in [5, 5.41) is 0.